The number of halogens is 1. The Kier molecular flexibility index (Phi) is 8.17. The molecule has 0 aliphatic carbocycles. The molecule has 1 amide bonds. The molecule has 1 aliphatic heterocycles. The van der Waals surface area contributed by atoms with Gasteiger partial charge in [0, 0.05) is 57.7 Å². The smallest absolute Gasteiger partial charge is 0.224 e. The Morgan fingerprint density at radius 1 is 1.03 bits per heavy atom. The van der Waals surface area contributed by atoms with E-state index in [4.69, 9.17) is 4.74 Å². The van der Waals surface area contributed by atoms with Crippen LogP contribution in [0.25, 0.3) is 11.4 Å². The molecule has 0 saturated carbocycles. The third-order valence-corrected chi connectivity index (χ3v) is 5.86. The molecule has 8 heteroatoms. The van der Waals surface area contributed by atoms with Crippen LogP contribution in [0.2, 0.25) is 0 Å². The number of benzene rings is 2. The third-order valence-electron chi connectivity index (χ3n) is 5.86. The highest BCUT2D eigenvalue weighted by molar-refractivity contribution is 5.78. The maximum atomic E-state index is 14.7. The average molecular weight is 464 g/mol. The van der Waals surface area contributed by atoms with Crippen molar-refractivity contribution in [1.29, 1.82) is 0 Å². The molecule has 0 unspecified atom stereocenters. The minimum absolute atomic E-state index is 0.121. The predicted octanol–water partition coefficient (Wildman–Crippen LogP) is 2.77. The lowest BCUT2D eigenvalue weighted by molar-refractivity contribution is -0.120. The normalized spacial score (nSPS) is 14.6. The minimum atomic E-state index is -0.439. The molecule has 0 bridgehead atoms. The van der Waals surface area contributed by atoms with Crippen LogP contribution in [0.5, 0.6) is 5.75 Å². The quantitative estimate of drug-likeness (QED) is 0.526. The highest BCUT2D eigenvalue weighted by Gasteiger charge is 2.14. The SMILES string of the molecule is CN1CCN(CCOc2ccc(-c3ncc(CC(=O)NCc4ccccc4)cn3)c(F)c2)CC1. The van der Waals surface area contributed by atoms with Crippen molar-refractivity contribution < 1.29 is 13.9 Å². The summed E-state index contributed by atoms with van der Waals surface area (Å²) in [6.07, 6.45) is 3.28. The van der Waals surface area contributed by atoms with E-state index in [-0.39, 0.29) is 18.2 Å². The summed E-state index contributed by atoms with van der Waals surface area (Å²) >= 11 is 0. The second-order valence-corrected chi connectivity index (χ2v) is 8.49. The Hall–Kier alpha value is -3.36. The largest absolute Gasteiger partial charge is 0.492 e. The van der Waals surface area contributed by atoms with E-state index in [1.807, 2.05) is 30.3 Å². The van der Waals surface area contributed by atoms with E-state index in [9.17, 15) is 9.18 Å². The van der Waals surface area contributed by atoms with E-state index < -0.39 is 5.82 Å². The average Bonchev–Trinajstić information content (AvgIpc) is 2.85. The van der Waals surface area contributed by atoms with Crippen LogP contribution >= 0.6 is 0 Å². The van der Waals surface area contributed by atoms with E-state index in [0.717, 1.165) is 38.3 Å². The number of piperazine rings is 1. The monoisotopic (exact) mass is 463 g/mol. The zero-order valence-electron chi connectivity index (χ0n) is 19.4. The van der Waals surface area contributed by atoms with Gasteiger partial charge in [-0.1, -0.05) is 30.3 Å². The number of amides is 1. The Bertz CT molecular complexity index is 1070. The molecule has 0 radical (unpaired) electrons. The van der Waals surface area contributed by atoms with Gasteiger partial charge in [-0.05, 0) is 30.3 Å². The number of carbonyl (C=O) groups is 1. The van der Waals surface area contributed by atoms with Crippen molar-refractivity contribution in [3.05, 3.63) is 77.9 Å². The first kappa shape index (κ1) is 23.8. The fourth-order valence-corrected chi connectivity index (χ4v) is 3.76. The molecule has 2 aromatic carbocycles. The van der Waals surface area contributed by atoms with Crippen molar-refractivity contribution >= 4 is 5.91 Å². The number of nitrogens with one attached hydrogen (secondary N) is 1. The summed E-state index contributed by atoms with van der Waals surface area (Å²) in [5.41, 5.74) is 2.00. The molecule has 178 valence electrons. The molecule has 34 heavy (non-hydrogen) atoms. The Morgan fingerprint density at radius 2 is 1.76 bits per heavy atom. The fourth-order valence-electron chi connectivity index (χ4n) is 3.76. The molecule has 3 aromatic rings. The molecule has 1 saturated heterocycles. The van der Waals surface area contributed by atoms with Gasteiger partial charge in [-0.2, -0.15) is 0 Å². The first-order valence-electron chi connectivity index (χ1n) is 11.5. The van der Waals surface area contributed by atoms with E-state index in [0.29, 0.717) is 30.0 Å². The molecule has 4 rings (SSSR count). The van der Waals surface area contributed by atoms with Gasteiger partial charge in [-0.15, -0.1) is 0 Å². The van der Waals surface area contributed by atoms with Crippen LogP contribution in [0.1, 0.15) is 11.1 Å². The van der Waals surface area contributed by atoms with Crippen molar-refractivity contribution in [1.82, 2.24) is 25.1 Å². The summed E-state index contributed by atoms with van der Waals surface area (Å²) in [7, 11) is 2.12. The van der Waals surface area contributed by atoms with Crippen molar-refractivity contribution in [3.8, 4) is 17.1 Å². The highest BCUT2D eigenvalue weighted by Crippen LogP contribution is 2.23. The summed E-state index contributed by atoms with van der Waals surface area (Å²) in [5, 5.41) is 2.88. The van der Waals surface area contributed by atoms with Crippen molar-refractivity contribution in [3.63, 3.8) is 0 Å². The molecule has 7 nitrogen and oxygen atoms in total. The summed E-state index contributed by atoms with van der Waals surface area (Å²) in [6, 6.07) is 14.4. The number of rotatable bonds is 9. The number of nitrogens with zero attached hydrogens (tertiary/aromatic N) is 4. The minimum Gasteiger partial charge on any atom is -0.492 e. The molecule has 0 spiro atoms. The van der Waals surface area contributed by atoms with Crippen molar-refractivity contribution in [2.24, 2.45) is 0 Å². The summed E-state index contributed by atoms with van der Waals surface area (Å²) in [5.74, 6) is 0.201. The number of ether oxygens (including phenoxy) is 1. The van der Waals surface area contributed by atoms with Crippen LogP contribution < -0.4 is 10.1 Å². The van der Waals surface area contributed by atoms with Gasteiger partial charge in [0.2, 0.25) is 5.91 Å². The van der Waals surface area contributed by atoms with E-state index >= 15 is 0 Å². The van der Waals surface area contributed by atoms with Gasteiger partial charge >= 0.3 is 0 Å². The lowest BCUT2D eigenvalue weighted by atomic mass is 10.1. The van der Waals surface area contributed by atoms with E-state index in [1.54, 1.807) is 24.5 Å². The second-order valence-electron chi connectivity index (χ2n) is 8.49. The Balaban J connectivity index is 1.26. The van der Waals surface area contributed by atoms with Gasteiger partial charge in [0.1, 0.15) is 18.2 Å². The van der Waals surface area contributed by atoms with E-state index in [2.05, 4.69) is 32.1 Å². The van der Waals surface area contributed by atoms with E-state index in [1.165, 1.54) is 6.07 Å². The maximum absolute atomic E-state index is 14.7. The predicted molar refractivity (Wildman–Crippen MR) is 129 cm³/mol. The zero-order chi connectivity index (χ0) is 23.8. The Morgan fingerprint density at radius 3 is 2.47 bits per heavy atom. The van der Waals surface area contributed by atoms with Crippen LogP contribution in [0.4, 0.5) is 4.39 Å². The summed E-state index contributed by atoms with van der Waals surface area (Å²) in [6.45, 7) is 5.96. The van der Waals surface area contributed by atoms with Crippen LogP contribution in [0.15, 0.2) is 60.9 Å². The number of likely N-dealkylation sites (N-methyl/N-ethyl adjacent to an activating group) is 1. The molecule has 1 N–H and O–H groups in total. The number of carbonyl (C=O) groups excluding carboxylic acids is 1. The topological polar surface area (TPSA) is 70.6 Å². The first-order valence-corrected chi connectivity index (χ1v) is 11.5. The number of hydrogen-bond donors (Lipinski definition) is 1. The second kappa shape index (κ2) is 11.7. The molecule has 1 aromatic heterocycles. The van der Waals surface area contributed by atoms with Crippen LogP contribution in [0, 0.1) is 5.82 Å². The van der Waals surface area contributed by atoms with Gasteiger partial charge in [0.05, 0.1) is 12.0 Å². The number of aromatic nitrogens is 2. The van der Waals surface area contributed by atoms with Crippen molar-refractivity contribution in [2.45, 2.75) is 13.0 Å². The standard InChI is InChI=1S/C26H30FN5O2/c1-31-9-11-32(12-10-31)13-14-34-22-7-8-23(24(27)16-22)26-29-18-21(19-30-26)15-25(33)28-17-20-5-3-2-4-6-20/h2-8,16,18-19H,9-15,17H2,1H3,(H,28,33). The summed E-state index contributed by atoms with van der Waals surface area (Å²) in [4.78, 5) is 25.4. The lowest BCUT2D eigenvalue weighted by Gasteiger charge is -2.32. The fraction of sp³-hybridized carbons (Fsp3) is 0.346. The zero-order valence-corrected chi connectivity index (χ0v) is 19.4. The van der Waals surface area contributed by atoms with Gasteiger partial charge in [0.25, 0.3) is 0 Å². The van der Waals surface area contributed by atoms with Crippen LogP contribution in [0.3, 0.4) is 0 Å². The molecule has 0 atom stereocenters. The summed E-state index contributed by atoms with van der Waals surface area (Å²) < 4.78 is 20.4. The van der Waals surface area contributed by atoms with Gasteiger partial charge in [0.15, 0.2) is 5.82 Å². The molecular weight excluding hydrogens is 433 g/mol. The van der Waals surface area contributed by atoms with Crippen LogP contribution in [-0.4, -0.2) is 72.1 Å². The first-order chi connectivity index (χ1) is 16.6. The molecule has 2 heterocycles. The highest BCUT2D eigenvalue weighted by atomic mass is 19.1. The number of hydrogen-bond acceptors (Lipinski definition) is 6. The van der Waals surface area contributed by atoms with Gasteiger partial charge < -0.3 is 15.0 Å². The molecular formula is C26H30FN5O2. The van der Waals surface area contributed by atoms with Crippen molar-refractivity contribution in [2.75, 3.05) is 46.4 Å². The van der Waals surface area contributed by atoms with Gasteiger partial charge in [-0.25, -0.2) is 14.4 Å². The van der Waals surface area contributed by atoms with Crippen LogP contribution in [-0.2, 0) is 17.8 Å². The molecule has 1 aliphatic rings. The maximum Gasteiger partial charge on any atom is 0.224 e. The lowest BCUT2D eigenvalue weighted by Crippen LogP contribution is -2.45. The molecule has 1 fully saturated rings. The third kappa shape index (κ3) is 6.82. The Labute approximate surface area is 199 Å². The van der Waals surface area contributed by atoms with Gasteiger partial charge in [-0.3, -0.25) is 9.69 Å².